The molecule has 5 rings (SSSR count). The molecule has 4 aromatic rings. The van der Waals surface area contributed by atoms with Crippen LogP contribution in [0.5, 0.6) is 0 Å². The van der Waals surface area contributed by atoms with E-state index in [1.54, 1.807) is 13.8 Å². The zero-order valence-electron chi connectivity index (χ0n) is 28.9. The van der Waals surface area contributed by atoms with Gasteiger partial charge in [0.2, 0.25) is 0 Å². The first-order chi connectivity index (χ1) is 25.0. The topological polar surface area (TPSA) is 111 Å². The Bertz CT molecular complexity index is 1640. The third-order valence-electron chi connectivity index (χ3n) is 7.96. The van der Waals surface area contributed by atoms with Crippen molar-refractivity contribution in [3.05, 3.63) is 155 Å². The van der Waals surface area contributed by atoms with Gasteiger partial charge in [-0.25, -0.2) is 9.59 Å². The van der Waals surface area contributed by atoms with E-state index in [2.05, 4.69) is 5.32 Å². The first-order valence-corrected chi connectivity index (χ1v) is 17.1. The van der Waals surface area contributed by atoms with Crippen molar-refractivity contribution in [1.82, 2.24) is 5.32 Å². The van der Waals surface area contributed by atoms with Crippen LogP contribution >= 0.6 is 0 Å². The van der Waals surface area contributed by atoms with Crippen molar-refractivity contribution in [2.75, 3.05) is 13.2 Å². The maximum atomic E-state index is 13.3. The molecule has 10 nitrogen and oxygen atoms in total. The lowest BCUT2D eigenvalue weighted by Crippen LogP contribution is -2.65. The molecular formula is C41H45NO9. The van der Waals surface area contributed by atoms with E-state index in [0.717, 1.165) is 28.3 Å². The summed E-state index contributed by atoms with van der Waals surface area (Å²) < 4.78 is 43.4. The van der Waals surface area contributed by atoms with Gasteiger partial charge in [-0.15, -0.1) is 0 Å². The Morgan fingerprint density at radius 3 is 1.43 bits per heavy atom. The molecule has 0 saturated carbocycles. The van der Waals surface area contributed by atoms with E-state index in [9.17, 15) is 9.59 Å². The van der Waals surface area contributed by atoms with Crippen LogP contribution in [0.3, 0.4) is 0 Å². The average molecular weight is 696 g/mol. The predicted molar refractivity (Wildman–Crippen MR) is 189 cm³/mol. The number of hydrogen-bond acceptors (Lipinski definition) is 10. The fourth-order valence-electron chi connectivity index (χ4n) is 5.50. The number of benzene rings is 4. The molecule has 1 aliphatic heterocycles. The highest BCUT2D eigenvalue weighted by Gasteiger charge is 2.49. The minimum absolute atomic E-state index is 0.0852. The summed E-state index contributed by atoms with van der Waals surface area (Å²) in [6, 6.07) is 37.9. The maximum Gasteiger partial charge on any atom is 0.354 e. The summed E-state index contributed by atoms with van der Waals surface area (Å²) in [6.45, 7) is 4.39. The first kappa shape index (κ1) is 37.4. The summed E-state index contributed by atoms with van der Waals surface area (Å²) in [7, 11) is 0. The SMILES string of the molecule is CCOC(=O)/C=C(\N[C@H]1[C@@H](OCc2ccccc2)O[C@H](OCc2ccccc2)[C@@H](OCc2ccccc2)[C@@H]1OCc1ccccc1)C(=O)OCC. The number of hydrogen-bond donors (Lipinski definition) is 1. The molecule has 0 radical (unpaired) electrons. The molecule has 0 spiro atoms. The smallest absolute Gasteiger partial charge is 0.354 e. The Labute approximate surface area is 299 Å². The van der Waals surface area contributed by atoms with E-state index < -0.39 is 42.8 Å². The van der Waals surface area contributed by atoms with E-state index in [-0.39, 0.29) is 45.3 Å². The van der Waals surface area contributed by atoms with Gasteiger partial charge < -0.3 is 38.5 Å². The molecule has 0 unspecified atom stereocenters. The van der Waals surface area contributed by atoms with Crippen molar-refractivity contribution in [1.29, 1.82) is 0 Å². The van der Waals surface area contributed by atoms with Gasteiger partial charge in [-0.1, -0.05) is 121 Å². The second kappa shape index (κ2) is 20.1. The van der Waals surface area contributed by atoms with Gasteiger partial charge in [0.15, 0.2) is 12.6 Å². The van der Waals surface area contributed by atoms with Crippen molar-refractivity contribution in [2.45, 2.75) is 71.1 Å². The summed E-state index contributed by atoms with van der Waals surface area (Å²) in [6.07, 6.45) is -2.62. The van der Waals surface area contributed by atoms with Crippen molar-refractivity contribution >= 4 is 11.9 Å². The first-order valence-electron chi connectivity index (χ1n) is 17.1. The Kier molecular flexibility index (Phi) is 14.8. The standard InChI is InChI=1S/C41H45NO9/c1-3-45-35(43)25-34(39(44)46-4-2)42-36-37(47-26-30-17-9-5-10-18-30)38(48-27-31-19-11-6-12-20-31)41(50-29-33-23-15-8-16-24-33)51-40(36)49-28-32-21-13-7-14-22-32/h5-25,36-38,40-42H,3-4,26-29H2,1-2H3/b34-25-/t36-,37-,38+,40+,41+/m1/s1. The largest absolute Gasteiger partial charge is 0.463 e. The Balaban J connectivity index is 1.55. The molecule has 5 atom stereocenters. The molecule has 0 aromatic heterocycles. The van der Waals surface area contributed by atoms with Crippen LogP contribution in [0.15, 0.2) is 133 Å². The fourth-order valence-corrected chi connectivity index (χ4v) is 5.50. The van der Waals surface area contributed by atoms with E-state index in [1.165, 1.54) is 0 Å². The monoisotopic (exact) mass is 695 g/mol. The highest BCUT2D eigenvalue weighted by atomic mass is 16.8. The lowest BCUT2D eigenvalue weighted by atomic mass is 9.99. The third kappa shape index (κ3) is 11.6. The third-order valence-corrected chi connectivity index (χ3v) is 7.96. The lowest BCUT2D eigenvalue weighted by molar-refractivity contribution is -0.345. The summed E-state index contributed by atoms with van der Waals surface area (Å²) >= 11 is 0. The van der Waals surface area contributed by atoms with Crippen LogP contribution in [0.25, 0.3) is 0 Å². The molecule has 0 amide bonds. The maximum absolute atomic E-state index is 13.3. The van der Waals surface area contributed by atoms with E-state index in [1.807, 2.05) is 121 Å². The zero-order chi connectivity index (χ0) is 35.7. The highest BCUT2D eigenvalue weighted by Crippen LogP contribution is 2.31. The molecule has 1 heterocycles. The normalized spacial score (nSPS) is 20.4. The van der Waals surface area contributed by atoms with Gasteiger partial charge in [0, 0.05) is 0 Å². The van der Waals surface area contributed by atoms with Crippen molar-refractivity contribution in [3.63, 3.8) is 0 Å². The van der Waals surface area contributed by atoms with Crippen LogP contribution in [0.1, 0.15) is 36.1 Å². The van der Waals surface area contributed by atoms with Gasteiger partial charge in [-0.3, -0.25) is 0 Å². The van der Waals surface area contributed by atoms with Crippen molar-refractivity contribution in [2.24, 2.45) is 0 Å². The number of esters is 2. The number of carbonyl (C=O) groups is 2. The van der Waals surface area contributed by atoms with E-state index in [0.29, 0.717) is 0 Å². The molecule has 51 heavy (non-hydrogen) atoms. The van der Waals surface area contributed by atoms with E-state index >= 15 is 0 Å². The van der Waals surface area contributed by atoms with Gasteiger partial charge >= 0.3 is 11.9 Å². The molecule has 268 valence electrons. The fraction of sp³-hybridized carbons (Fsp3) is 0.317. The van der Waals surface area contributed by atoms with Gasteiger partial charge in [-0.2, -0.15) is 0 Å². The molecule has 1 N–H and O–H groups in total. The predicted octanol–water partition coefficient (Wildman–Crippen LogP) is 6.24. The molecule has 1 saturated heterocycles. The van der Waals surface area contributed by atoms with Gasteiger partial charge in [0.1, 0.15) is 23.9 Å². The van der Waals surface area contributed by atoms with Crippen LogP contribution in [0, 0.1) is 0 Å². The Hall–Kier alpha value is -4.84. The molecule has 0 aliphatic carbocycles. The molecule has 0 bridgehead atoms. The lowest BCUT2D eigenvalue weighted by Gasteiger charge is -2.46. The minimum Gasteiger partial charge on any atom is -0.463 e. The number of rotatable bonds is 18. The quantitative estimate of drug-likeness (QED) is 0.0949. The van der Waals surface area contributed by atoms with Crippen molar-refractivity contribution in [3.8, 4) is 0 Å². The second-order valence-electron chi connectivity index (χ2n) is 11.7. The number of ether oxygens (including phenoxy) is 7. The average Bonchev–Trinajstić information content (AvgIpc) is 3.17. The number of carbonyl (C=O) groups excluding carboxylic acids is 2. The van der Waals surface area contributed by atoms with Crippen LogP contribution in [0.4, 0.5) is 0 Å². The summed E-state index contributed by atoms with van der Waals surface area (Å²) in [5.41, 5.74) is 3.55. The molecule has 4 aromatic carbocycles. The molecule has 1 fully saturated rings. The molecule has 1 aliphatic rings. The van der Waals surface area contributed by atoms with Gasteiger partial charge in [-0.05, 0) is 36.1 Å². The zero-order valence-corrected chi connectivity index (χ0v) is 28.9. The van der Waals surface area contributed by atoms with Gasteiger partial charge in [0.25, 0.3) is 0 Å². The molecule has 10 heteroatoms. The summed E-state index contributed by atoms with van der Waals surface area (Å²) in [5, 5.41) is 3.20. The molecular weight excluding hydrogens is 650 g/mol. The number of nitrogens with one attached hydrogen (secondary N) is 1. The Morgan fingerprint density at radius 1 is 0.569 bits per heavy atom. The van der Waals surface area contributed by atoms with Crippen LogP contribution in [0.2, 0.25) is 0 Å². The summed E-state index contributed by atoms with van der Waals surface area (Å²) in [4.78, 5) is 26.0. The highest BCUT2D eigenvalue weighted by molar-refractivity contribution is 5.95. The van der Waals surface area contributed by atoms with Crippen LogP contribution in [-0.2, 0) is 69.2 Å². The Morgan fingerprint density at radius 2 is 0.980 bits per heavy atom. The van der Waals surface area contributed by atoms with Crippen molar-refractivity contribution < 1.29 is 42.7 Å². The van der Waals surface area contributed by atoms with Crippen LogP contribution in [-0.4, -0.2) is 56.0 Å². The minimum atomic E-state index is -1.05. The second-order valence-corrected chi connectivity index (χ2v) is 11.7. The van der Waals surface area contributed by atoms with Crippen LogP contribution < -0.4 is 5.32 Å². The van der Waals surface area contributed by atoms with E-state index in [4.69, 9.17) is 33.2 Å². The summed E-state index contributed by atoms with van der Waals surface area (Å²) in [5.74, 6) is -1.47. The van der Waals surface area contributed by atoms with Gasteiger partial charge in [0.05, 0.1) is 45.7 Å².